The van der Waals surface area contributed by atoms with E-state index in [4.69, 9.17) is 5.11 Å². The Morgan fingerprint density at radius 2 is 2.29 bits per heavy atom. The van der Waals surface area contributed by atoms with Crippen LogP contribution in [0.25, 0.3) is 0 Å². The van der Waals surface area contributed by atoms with Crippen molar-refractivity contribution in [2.45, 2.75) is 26.3 Å². The molecule has 0 aromatic carbocycles. The summed E-state index contributed by atoms with van der Waals surface area (Å²) >= 11 is 1.60. The topological polar surface area (TPSA) is 66.4 Å². The fourth-order valence-electron chi connectivity index (χ4n) is 1.48. The molecule has 1 aliphatic carbocycles. The van der Waals surface area contributed by atoms with Gasteiger partial charge in [0.2, 0.25) is 5.91 Å². The van der Waals surface area contributed by atoms with E-state index in [0.29, 0.717) is 12.2 Å². The van der Waals surface area contributed by atoms with Crippen LogP contribution in [-0.2, 0) is 9.59 Å². The minimum atomic E-state index is -0.794. The van der Waals surface area contributed by atoms with E-state index in [2.05, 4.69) is 5.32 Å². The van der Waals surface area contributed by atoms with Crippen molar-refractivity contribution in [3.05, 3.63) is 0 Å². The van der Waals surface area contributed by atoms with Crippen molar-refractivity contribution < 1.29 is 14.7 Å². The third-order valence-corrected chi connectivity index (χ3v) is 3.57. The number of thioether (sulfide) groups is 1. The summed E-state index contributed by atoms with van der Waals surface area (Å²) < 4.78 is 0. The zero-order chi connectivity index (χ0) is 10.8. The summed E-state index contributed by atoms with van der Waals surface area (Å²) in [6.45, 7) is 3.41. The number of hydrogen-bond donors (Lipinski definition) is 2. The molecule has 5 heteroatoms. The maximum Gasteiger partial charge on any atom is 0.312 e. The van der Waals surface area contributed by atoms with E-state index < -0.39 is 11.4 Å². The van der Waals surface area contributed by atoms with Crippen LogP contribution in [0.2, 0.25) is 0 Å². The second-order valence-corrected chi connectivity index (χ2v) is 4.83. The second kappa shape index (κ2) is 4.21. The zero-order valence-electron chi connectivity index (χ0n) is 8.37. The Bertz CT molecular complexity index is 256. The molecule has 0 bridgehead atoms. The predicted molar refractivity (Wildman–Crippen MR) is 55.3 cm³/mol. The van der Waals surface area contributed by atoms with Crippen LogP contribution >= 0.6 is 11.8 Å². The van der Waals surface area contributed by atoms with Gasteiger partial charge >= 0.3 is 5.97 Å². The third-order valence-electron chi connectivity index (χ3n) is 2.44. The smallest absolute Gasteiger partial charge is 0.312 e. The van der Waals surface area contributed by atoms with Crippen LogP contribution in [0.1, 0.15) is 20.3 Å². The molecule has 1 rings (SSSR count). The molecule has 0 saturated heterocycles. The lowest BCUT2D eigenvalue weighted by molar-refractivity contribution is -0.142. The van der Waals surface area contributed by atoms with Gasteiger partial charge in [-0.25, -0.2) is 0 Å². The molecule has 2 atom stereocenters. The summed E-state index contributed by atoms with van der Waals surface area (Å²) in [7, 11) is 0. The first-order valence-electron chi connectivity index (χ1n) is 4.61. The highest BCUT2D eigenvalue weighted by molar-refractivity contribution is 7.99. The largest absolute Gasteiger partial charge is 0.481 e. The average Bonchev–Trinajstić information content (AvgIpc) is 2.75. The molecule has 1 saturated carbocycles. The summed E-state index contributed by atoms with van der Waals surface area (Å²) in [5, 5.41) is 11.7. The molecule has 0 aliphatic heterocycles. The van der Waals surface area contributed by atoms with Crippen LogP contribution in [0.5, 0.6) is 0 Å². The van der Waals surface area contributed by atoms with Crippen molar-refractivity contribution in [2.75, 3.05) is 11.5 Å². The molecule has 0 heterocycles. The number of amides is 1. The van der Waals surface area contributed by atoms with E-state index in [1.54, 1.807) is 11.8 Å². The lowest BCUT2D eigenvalue weighted by Gasteiger charge is -2.11. The van der Waals surface area contributed by atoms with Crippen LogP contribution in [0.15, 0.2) is 0 Å². The van der Waals surface area contributed by atoms with Gasteiger partial charge in [-0.3, -0.25) is 9.59 Å². The van der Waals surface area contributed by atoms with Gasteiger partial charge in [0.05, 0.1) is 5.41 Å². The van der Waals surface area contributed by atoms with Crippen LogP contribution in [0.4, 0.5) is 0 Å². The average molecular weight is 217 g/mol. The number of carbonyl (C=O) groups excluding carboxylic acids is 1. The van der Waals surface area contributed by atoms with Crippen LogP contribution in [0.3, 0.4) is 0 Å². The molecule has 0 radical (unpaired) electrons. The molecule has 0 aromatic heterocycles. The fraction of sp³-hybridized carbons (Fsp3) is 0.778. The fourth-order valence-corrected chi connectivity index (χ4v) is 2.49. The molecule has 4 nitrogen and oxygen atoms in total. The van der Waals surface area contributed by atoms with Crippen molar-refractivity contribution in [1.82, 2.24) is 5.32 Å². The first kappa shape index (κ1) is 11.4. The minimum absolute atomic E-state index is 0.153. The van der Waals surface area contributed by atoms with E-state index in [0.717, 1.165) is 5.75 Å². The Labute approximate surface area is 87.4 Å². The molecular weight excluding hydrogens is 202 g/mol. The predicted octanol–water partition coefficient (Wildman–Crippen LogP) is 0.719. The van der Waals surface area contributed by atoms with Crippen molar-refractivity contribution in [2.24, 2.45) is 5.41 Å². The van der Waals surface area contributed by atoms with Gasteiger partial charge in [-0.05, 0) is 12.2 Å². The molecular formula is C9H15NO3S. The molecule has 1 aliphatic rings. The lowest BCUT2D eigenvalue weighted by Crippen LogP contribution is -2.32. The summed E-state index contributed by atoms with van der Waals surface area (Å²) in [6, 6.07) is -0.170. The van der Waals surface area contributed by atoms with Gasteiger partial charge in [0.1, 0.15) is 0 Å². The van der Waals surface area contributed by atoms with E-state index in [9.17, 15) is 9.59 Å². The van der Waals surface area contributed by atoms with Crippen molar-refractivity contribution >= 4 is 23.6 Å². The van der Waals surface area contributed by atoms with Crippen LogP contribution in [0, 0.1) is 5.41 Å². The Morgan fingerprint density at radius 1 is 1.64 bits per heavy atom. The summed E-state index contributed by atoms with van der Waals surface area (Å²) in [5.74, 6) is 0.544. The second-order valence-electron chi connectivity index (χ2n) is 3.56. The number of hydrogen-bond acceptors (Lipinski definition) is 3. The van der Waals surface area contributed by atoms with Crippen LogP contribution < -0.4 is 5.32 Å². The van der Waals surface area contributed by atoms with Gasteiger partial charge in [-0.1, -0.05) is 6.92 Å². The Balaban J connectivity index is 2.52. The standard InChI is InChI=1S/C9H15NO3S/c1-3-14-5-9(8(12)13)4-7(9)10-6(2)11/h7H,3-5H2,1-2H3,(H,10,11)(H,12,13). The number of carbonyl (C=O) groups is 2. The number of aliphatic carboxylic acids is 1. The summed E-state index contributed by atoms with van der Waals surface area (Å²) in [5.41, 5.74) is -0.702. The molecule has 14 heavy (non-hydrogen) atoms. The molecule has 2 N–H and O–H groups in total. The first-order chi connectivity index (χ1) is 6.53. The number of carboxylic acid groups (broad SMARTS) is 1. The quantitative estimate of drug-likeness (QED) is 0.712. The van der Waals surface area contributed by atoms with E-state index in [1.165, 1.54) is 6.92 Å². The highest BCUT2D eigenvalue weighted by atomic mass is 32.2. The summed E-state index contributed by atoms with van der Waals surface area (Å²) in [4.78, 5) is 21.8. The molecule has 80 valence electrons. The van der Waals surface area contributed by atoms with Crippen molar-refractivity contribution in [1.29, 1.82) is 0 Å². The number of carboxylic acids is 1. The monoisotopic (exact) mass is 217 g/mol. The van der Waals surface area contributed by atoms with E-state index in [1.807, 2.05) is 6.92 Å². The third kappa shape index (κ3) is 2.20. The Hall–Kier alpha value is -0.710. The minimum Gasteiger partial charge on any atom is -0.481 e. The van der Waals surface area contributed by atoms with E-state index >= 15 is 0 Å². The zero-order valence-corrected chi connectivity index (χ0v) is 9.19. The van der Waals surface area contributed by atoms with Gasteiger partial charge in [0.15, 0.2) is 0 Å². The van der Waals surface area contributed by atoms with Gasteiger partial charge in [0, 0.05) is 18.7 Å². The maximum atomic E-state index is 11.0. The molecule has 0 spiro atoms. The first-order valence-corrected chi connectivity index (χ1v) is 5.76. The highest BCUT2D eigenvalue weighted by Gasteiger charge is 2.60. The number of rotatable bonds is 5. The normalized spacial score (nSPS) is 29.7. The lowest BCUT2D eigenvalue weighted by atomic mass is 10.1. The van der Waals surface area contributed by atoms with Crippen LogP contribution in [-0.4, -0.2) is 34.5 Å². The molecule has 0 aromatic rings. The maximum absolute atomic E-state index is 11.0. The molecule has 1 fully saturated rings. The molecule has 1 amide bonds. The van der Waals surface area contributed by atoms with Gasteiger partial charge in [0.25, 0.3) is 0 Å². The van der Waals surface area contributed by atoms with Gasteiger partial charge < -0.3 is 10.4 Å². The highest BCUT2D eigenvalue weighted by Crippen LogP contribution is 2.48. The van der Waals surface area contributed by atoms with Crippen molar-refractivity contribution in [3.8, 4) is 0 Å². The summed E-state index contributed by atoms with van der Waals surface area (Å²) in [6.07, 6.45) is 0.564. The Kier molecular flexibility index (Phi) is 3.42. The van der Waals surface area contributed by atoms with Gasteiger partial charge in [-0.2, -0.15) is 11.8 Å². The van der Waals surface area contributed by atoms with E-state index in [-0.39, 0.29) is 11.9 Å². The van der Waals surface area contributed by atoms with Crippen molar-refractivity contribution in [3.63, 3.8) is 0 Å². The SMILES string of the molecule is CCSCC1(C(=O)O)CC1NC(C)=O. The Morgan fingerprint density at radius 3 is 2.71 bits per heavy atom. The molecule has 2 unspecified atom stereocenters. The number of nitrogens with one attached hydrogen (secondary N) is 1. The van der Waals surface area contributed by atoms with Gasteiger partial charge in [-0.15, -0.1) is 0 Å².